The second-order valence-electron chi connectivity index (χ2n) is 6.41. The fraction of sp³-hybridized carbons (Fsp3) is 0.389. The van der Waals surface area contributed by atoms with Crippen LogP contribution in [0.4, 0.5) is 18.9 Å². The predicted octanol–water partition coefficient (Wildman–Crippen LogP) is 3.34. The van der Waals surface area contributed by atoms with Crippen LogP contribution in [-0.4, -0.2) is 39.5 Å². The van der Waals surface area contributed by atoms with Crippen molar-refractivity contribution in [3.05, 3.63) is 41.7 Å². The summed E-state index contributed by atoms with van der Waals surface area (Å²) in [7, 11) is 0. The van der Waals surface area contributed by atoms with Gasteiger partial charge in [-0.15, -0.1) is 0 Å². The highest BCUT2D eigenvalue weighted by atomic mass is 19.4. The van der Waals surface area contributed by atoms with Crippen LogP contribution in [0.5, 0.6) is 0 Å². The first-order valence-corrected chi connectivity index (χ1v) is 8.63. The number of aromatic nitrogens is 2. The Labute approximate surface area is 158 Å². The monoisotopic (exact) mass is 397 g/mol. The molecule has 0 saturated carbocycles. The molecule has 1 aliphatic rings. The maximum absolute atomic E-state index is 13.4. The van der Waals surface area contributed by atoms with E-state index in [0.29, 0.717) is 17.5 Å². The Bertz CT molecular complexity index is 894. The number of alkyl halides is 3. The van der Waals surface area contributed by atoms with Gasteiger partial charge in [-0.25, -0.2) is 9.48 Å². The first-order valence-electron chi connectivity index (χ1n) is 8.63. The second-order valence-corrected chi connectivity index (χ2v) is 6.41. The van der Waals surface area contributed by atoms with Crippen LogP contribution < -0.4 is 5.32 Å². The van der Waals surface area contributed by atoms with Crippen molar-refractivity contribution < 1.29 is 32.6 Å². The fourth-order valence-corrected chi connectivity index (χ4v) is 3.24. The van der Waals surface area contributed by atoms with Gasteiger partial charge in [-0.2, -0.15) is 18.3 Å². The van der Waals surface area contributed by atoms with E-state index in [1.165, 1.54) is 24.3 Å². The minimum atomic E-state index is -4.92. The van der Waals surface area contributed by atoms with Crippen LogP contribution >= 0.6 is 0 Å². The summed E-state index contributed by atoms with van der Waals surface area (Å²) in [6, 6.07) is 5.60. The molecule has 3 rings (SSSR count). The smallest absolute Gasteiger partial charge is 0.434 e. The lowest BCUT2D eigenvalue weighted by atomic mass is 9.98. The molecule has 1 fully saturated rings. The Hall–Kier alpha value is -2.88. The zero-order valence-corrected chi connectivity index (χ0v) is 14.9. The van der Waals surface area contributed by atoms with Gasteiger partial charge in [0.2, 0.25) is 0 Å². The highest BCUT2D eigenvalue weighted by Gasteiger charge is 2.40. The van der Waals surface area contributed by atoms with Gasteiger partial charge in [0.05, 0.1) is 11.9 Å². The van der Waals surface area contributed by atoms with Crippen molar-refractivity contribution >= 4 is 17.6 Å². The Morgan fingerprint density at radius 3 is 2.79 bits per heavy atom. The zero-order chi connectivity index (χ0) is 20.5. The van der Waals surface area contributed by atoms with E-state index >= 15 is 0 Å². The van der Waals surface area contributed by atoms with Gasteiger partial charge in [0, 0.05) is 12.3 Å². The van der Waals surface area contributed by atoms with Gasteiger partial charge in [-0.1, -0.05) is 19.4 Å². The van der Waals surface area contributed by atoms with E-state index in [0.717, 1.165) is 12.8 Å². The number of carboxylic acid groups (broad SMARTS) is 1. The van der Waals surface area contributed by atoms with E-state index in [1.807, 2.05) is 6.92 Å². The van der Waals surface area contributed by atoms with E-state index < -0.39 is 29.5 Å². The summed E-state index contributed by atoms with van der Waals surface area (Å²) < 4.78 is 46.1. The number of carboxylic acids is 1. The minimum absolute atomic E-state index is 0.0305. The van der Waals surface area contributed by atoms with E-state index in [-0.39, 0.29) is 23.2 Å². The lowest BCUT2D eigenvalue weighted by molar-refractivity contribution is -0.143. The number of rotatable bonds is 5. The topological polar surface area (TPSA) is 93.5 Å². The van der Waals surface area contributed by atoms with Crippen molar-refractivity contribution in [2.24, 2.45) is 5.92 Å². The van der Waals surface area contributed by atoms with Crippen molar-refractivity contribution in [3.8, 4) is 5.69 Å². The molecule has 0 unspecified atom stereocenters. The van der Waals surface area contributed by atoms with Crippen LogP contribution in [0.3, 0.4) is 0 Å². The van der Waals surface area contributed by atoms with E-state index in [9.17, 15) is 22.8 Å². The number of hydrogen-bond acceptors (Lipinski definition) is 4. The van der Waals surface area contributed by atoms with Crippen molar-refractivity contribution in [1.29, 1.82) is 0 Å². The van der Waals surface area contributed by atoms with E-state index in [1.54, 1.807) is 0 Å². The normalized spacial score (nSPS) is 19.6. The quantitative estimate of drug-likeness (QED) is 0.807. The number of ether oxygens (including phenoxy) is 1. The van der Waals surface area contributed by atoms with Crippen LogP contribution in [0, 0.1) is 5.92 Å². The number of nitrogens with zero attached hydrogens (tertiary/aromatic N) is 2. The summed E-state index contributed by atoms with van der Waals surface area (Å²) in [5.74, 6) is -2.01. The molecule has 2 heterocycles. The van der Waals surface area contributed by atoms with Crippen LogP contribution in [0.1, 0.15) is 35.8 Å². The molecular weight excluding hydrogens is 379 g/mol. The lowest BCUT2D eigenvalue weighted by Crippen LogP contribution is -2.32. The summed E-state index contributed by atoms with van der Waals surface area (Å²) in [5, 5.41) is 15.2. The van der Waals surface area contributed by atoms with E-state index in [4.69, 9.17) is 9.84 Å². The fourth-order valence-electron chi connectivity index (χ4n) is 3.24. The molecule has 150 valence electrons. The SMILES string of the molecule is CC[C@@H]1CCO[C@@H]1C(=O)Nc1cccc(-n2ncc(C(=O)O)c2C(F)(F)F)c1. The molecule has 1 aromatic heterocycles. The third-order valence-corrected chi connectivity index (χ3v) is 4.62. The average Bonchev–Trinajstić information content (AvgIpc) is 3.28. The number of benzene rings is 1. The number of aromatic carboxylic acids is 1. The van der Waals surface area contributed by atoms with Gasteiger partial charge >= 0.3 is 12.1 Å². The van der Waals surface area contributed by atoms with E-state index in [2.05, 4.69) is 10.4 Å². The molecule has 1 aromatic carbocycles. The average molecular weight is 397 g/mol. The largest absolute Gasteiger partial charge is 0.478 e. The number of amides is 1. The molecule has 0 radical (unpaired) electrons. The summed E-state index contributed by atoms with van der Waals surface area (Å²) in [4.78, 5) is 23.5. The summed E-state index contributed by atoms with van der Waals surface area (Å²) >= 11 is 0. The summed E-state index contributed by atoms with van der Waals surface area (Å²) in [5.41, 5.74) is -2.12. The van der Waals surface area contributed by atoms with Crippen LogP contribution in [-0.2, 0) is 15.7 Å². The number of nitrogens with one attached hydrogen (secondary N) is 1. The number of carbonyl (C=O) groups excluding carboxylic acids is 1. The molecule has 2 atom stereocenters. The third-order valence-electron chi connectivity index (χ3n) is 4.62. The van der Waals surface area contributed by atoms with Crippen molar-refractivity contribution in [2.45, 2.75) is 32.0 Å². The first kappa shape index (κ1) is 19.9. The van der Waals surface area contributed by atoms with Gasteiger partial charge in [-0.05, 0) is 30.5 Å². The van der Waals surface area contributed by atoms with Crippen LogP contribution in [0.15, 0.2) is 30.5 Å². The Balaban J connectivity index is 1.90. The molecular formula is C18H18F3N3O4. The number of anilines is 1. The summed E-state index contributed by atoms with van der Waals surface area (Å²) in [6.07, 6.45) is -3.33. The van der Waals surface area contributed by atoms with Gasteiger partial charge in [0.1, 0.15) is 11.7 Å². The Kier molecular flexibility index (Phi) is 5.41. The van der Waals surface area contributed by atoms with Crippen LogP contribution in [0.25, 0.3) is 5.69 Å². The van der Waals surface area contributed by atoms with Crippen LogP contribution in [0.2, 0.25) is 0 Å². The Morgan fingerprint density at radius 1 is 1.39 bits per heavy atom. The van der Waals surface area contributed by atoms with Crippen molar-refractivity contribution in [2.75, 3.05) is 11.9 Å². The number of carbonyl (C=O) groups is 2. The van der Waals surface area contributed by atoms with Gasteiger partial charge < -0.3 is 15.2 Å². The molecule has 0 bridgehead atoms. The van der Waals surface area contributed by atoms with Gasteiger partial charge in [-0.3, -0.25) is 4.79 Å². The maximum Gasteiger partial charge on any atom is 0.434 e. The first-order chi connectivity index (χ1) is 13.2. The number of halogens is 3. The maximum atomic E-state index is 13.4. The van der Waals surface area contributed by atoms with Crippen molar-refractivity contribution in [3.63, 3.8) is 0 Å². The molecule has 0 aliphatic carbocycles. The predicted molar refractivity (Wildman–Crippen MR) is 92.3 cm³/mol. The molecule has 2 N–H and O–H groups in total. The Morgan fingerprint density at radius 2 is 2.14 bits per heavy atom. The second kappa shape index (κ2) is 7.63. The number of hydrogen-bond donors (Lipinski definition) is 2. The zero-order valence-electron chi connectivity index (χ0n) is 14.9. The summed E-state index contributed by atoms with van der Waals surface area (Å²) in [6.45, 7) is 2.44. The van der Waals surface area contributed by atoms with Gasteiger partial charge in [0.25, 0.3) is 5.91 Å². The molecule has 10 heteroatoms. The van der Waals surface area contributed by atoms with Crippen molar-refractivity contribution in [1.82, 2.24) is 9.78 Å². The molecule has 1 saturated heterocycles. The minimum Gasteiger partial charge on any atom is -0.478 e. The highest BCUT2D eigenvalue weighted by Crippen LogP contribution is 2.34. The molecule has 28 heavy (non-hydrogen) atoms. The third kappa shape index (κ3) is 3.86. The molecule has 2 aromatic rings. The molecule has 1 aliphatic heterocycles. The standard InChI is InChI=1S/C18H18F3N3O4/c1-2-10-6-7-28-14(10)16(25)23-11-4-3-5-12(8-11)24-15(18(19,20)21)13(9-22-24)17(26)27/h3-5,8-10,14H,2,6-7H2,1H3,(H,23,25)(H,26,27)/t10-,14+/m1/s1. The highest BCUT2D eigenvalue weighted by molar-refractivity contribution is 5.95. The lowest BCUT2D eigenvalue weighted by Gasteiger charge is -2.17. The molecule has 1 amide bonds. The van der Waals surface area contributed by atoms with Gasteiger partial charge in [0.15, 0.2) is 5.69 Å². The molecule has 0 spiro atoms. The molecule has 7 nitrogen and oxygen atoms in total.